The van der Waals surface area contributed by atoms with Crippen molar-refractivity contribution in [2.75, 3.05) is 0 Å². The fraction of sp³-hybridized carbons (Fsp3) is 0.471. The van der Waals surface area contributed by atoms with Crippen molar-refractivity contribution in [3.05, 3.63) is 45.0 Å². The molecule has 0 bridgehead atoms. The number of carbonyl (C=O) groups excluding carboxylic acids is 1. The van der Waals surface area contributed by atoms with Crippen molar-refractivity contribution in [3.63, 3.8) is 0 Å². The summed E-state index contributed by atoms with van der Waals surface area (Å²) in [4.78, 5) is 12.2. The molecule has 0 radical (unpaired) electrons. The predicted molar refractivity (Wildman–Crippen MR) is 89.1 cm³/mol. The van der Waals surface area contributed by atoms with Gasteiger partial charge >= 0.3 is 5.97 Å². The zero-order valence-corrected chi connectivity index (χ0v) is 14.6. The average Bonchev–Trinajstić information content (AvgIpc) is 2.88. The Hall–Kier alpha value is -0.840. The number of ether oxygens (including phenoxy) is 1. The lowest BCUT2D eigenvalue weighted by Crippen LogP contribution is -2.11. The molecule has 2 atom stereocenters. The molecular formula is C17H21IO2. The van der Waals surface area contributed by atoms with E-state index in [9.17, 15) is 4.79 Å². The number of esters is 1. The third kappa shape index (κ3) is 3.25. The van der Waals surface area contributed by atoms with Crippen molar-refractivity contribution in [3.8, 4) is 0 Å². The van der Waals surface area contributed by atoms with Gasteiger partial charge in [-0.2, -0.15) is 0 Å². The van der Waals surface area contributed by atoms with Crippen LogP contribution in [0.25, 0.3) is 0 Å². The summed E-state index contributed by atoms with van der Waals surface area (Å²) in [6.45, 7) is 8.78. The quantitative estimate of drug-likeness (QED) is 0.432. The van der Waals surface area contributed by atoms with E-state index in [2.05, 4.69) is 56.4 Å². The number of hydrogen-bond acceptors (Lipinski definition) is 2. The zero-order valence-electron chi connectivity index (χ0n) is 12.4. The second-order valence-electron chi connectivity index (χ2n) is 6.27. The van der Waals surface area contributed by atoms with Crippen LogP contribution in [-0.4, -0.2) is 5.97 Å². The molecule has 1 fully saturated rings. The number of benzene rings is 1. The number of carbonyl (C=O) groups is 1. The minimum absolute atomic E-state index is 0.00114. The van der Waals surface area contributed by atoms with Gasteiger partial charge in [0.1, 0.15) is 6.61 Å². The maximum absolute atomic E-state index is 12.2. The fourth-order valence-electron chi connectivity index (χ4n) is 2.65. The summed E-state index contributed by atoms with van der Waals surface area (Å²) in [6.07, 6.45) is 2.19. The van der Waals surface area contributed by atoms with Gasteiger partial charge in [-0.3, -0.25) is 4.79 Å². The summed E-state index contributed by atoms with van der Waals surface area (Å²) >= 11 is 2.27. The zero-order chi connectivity index (χ0) is 14.9. The minimum atomic E-state index is -0.0721. The smallest absolute Gasteiger partial charge is 0.310 e. The Bertz CT molecular complexity index is 542. The highest BCUT2D eigenvalue weighted by Gasteiger charge is 2.61. The number of hydrogen-bond donors (Lipinski definition) is 0. The van der Waals surface area contributed by atoms with Crippen LogP contribution >= 0.6 is 22.6 Å². The van der Waals surface area contributed by atoms with Gasteiger partial charge in [-0.25, -0.2) is 0 Å². The summed E-state index contributed by atoms with van der Waals surface area (Å²) < 4.78 is 6.64. The van der Waals surface area contributed by atoms with Crippen LogP contribution in [0.5, 0.6) is 0 Å². The standard InChI is InChI=1S/C17H21IO2/c1-11(2)9-13-15(17(13,3)4)16(19)20-10-12-7-5-6-8-14(12)18/h5-9,13,15H,10H2,1-4H3/t13?,15-/m0/s1. The Kier molecular flexibility index (Phi) is 4.57. The second-order valence-corrected chi connectivity index (χ2v) is 7.43. The summed E-state index contributed by atoms with van der Waals surface area (Å²) in [5.41, 5.74) is 2.35. The molecule has 2 rings (SSSR count). The topological polar surface area (TPSA) is 26.3 Å². The Morgan fingerprint density at radius 1 is 1.35 bits per heavy atom. The number of rotatable bonds is 4. The first kappa shape index (κ1) is 15.5. The molecule has 1 unspecified atom stereocenters. The van der Waals surface area contributed by atoms with Gasteiger partial charge in [-0.05, 0) is 53.8 Å². The van der Waals surface area contributed by atoms with Gasteiger partial charge in [0.05, 0.1) is 5.92 Å². The Morgan fingerprint density at radius 2 is 2.00 bits per heavy atom. The van der Waals surface area contributed by atoms with Crippen LogP contribution in [0.1, 0.15) is 33.3 Å². The molecule has 0 N–H and O–H groups in total. The summed E-state index contributed by atoms with van der Waals surface area (Å²) in [6, 6.07) is 7.98. The lowest BCUT2D eigenvalue weighted by atomic mass is 10.1. The van der Waals surface area contributed by atoms with Crippen molar-refractivity contribution in [2.45, 2.75) is 34.3 Å². The van der Waals surface area contributed by atoms with Crippen molar-refractivity contribution >= 4 is 28.6 Å². The summed E-state index contributed by atoms with van der Waals surface area (Å²) in [7, 11) is 0. The molecule has 0 aromatic heterocycles. The molecule has 3 heteroatoms. The first-order chi connectivity index (χ1) is 9.34. The normalized spacial score (nSPS) is 23.1. The molecular weight excluding hydrogens is 363 g/mol. The predicted octanol–water partition coefficient (Wildman–Crippen LogP) is 4.57. The molecule has 0 amide bonds. The van der Waals surface area contributed by atoms with Crippen LogP contribution in [0.3, 0.4) is 0 Å². The van der Waals surface area contributed by atoms with Gasteiger partial charge in [-0.15, -0.1) is 0 Å². The van der Waals surface area contributed by atoms with E-state index in [4.69, 9.17) is 4.74 Å². The molecule has 1 aliphatic rings. The molecule has 0 spiro atoms. The van der Waals surface area contributed by atoms with Gasteiger partial charge < -0.3 is 4.74 Å². The van der Waals surface area contributed by atoms with E-state index < -0.39 is 0 Å². The summed E-state index contributed by atoms with van der Waals surface area (Å²) in [5, 5.41) is 0. The highest BCUT2D eigenvalue weighted by Crippen LogP contribution is 2.59. The number of allylic oxidation sites excluding steroid dienone is 2. The van der Waals surface area contributed by atoms with Crippen LogP contribution in [0.2, 0.25) is 0 Å². The van der Waals surface area contributed by atoms with E-state index >= 15 is 0 Å². The maximum Gasteiger partial charge on any atom is 0.310 e. The van der Waals surface area contributed by atoms with E-state index in [1.165, 1.54) is 5.57 Å². The van der Waals surface area contributed by atoms with Gasteiger partial charge in [-0.1, -0.05) is 43.7 Å². The molecule has 0 aliphatic heterocycles. The van der Waals surface area contributed by atoms with E-state index in [0.29, 0.717) is 12.5 Å². The lowest BCUT2D eigenvalue weighted by molar-refractivity contribution is -0.147. The summed E-state index contributed by atoms with van der Waals surface area (Å²) in [5.74, 6) is 0.241. The molecule has 1 aliphatic carbocycles. The third-order valence-electron chi connectivity index (χ3n) is 4.01. The van der Waals surface area contributed by atoms with E-state index in [0.717, 1.165) is 9.13 Å². The molecule has 1 aromatic rings. The molecule has 0 saturated heterocycles. The van der Waals surface area contributed by atoms with Crippen molar-refractivity contribution in [1.29, 1.82) is 0 Å². The fourth-order valence-corrected chi connectivity index (χ4v) is 3.20. The second kappa shape index (κ2) is 5.88. The molecule has 20 heavy (non-hydrogen) atoms. The van der Waals surface area contributed by atoms with Crippen molar-refractivity contribution < 1.29 is 9.53 Å². The molecule has 1 aromatic carbocycles. The SMILES string of the molecule is CC(C)=CC1[C@@H](C(=O)OCc2ccccc2I)C1(C)C. The molecule has 1 saturated carbocycles. The Balaban J connectivity index is 1.97. The Morgan fingerprint density at radius 3 is 2.60 bits per heavy atom. The molecule has 0 heterocycles. The van der Waals surface area contributed by atoms with Crippen LogP contribution in [0, 0.1) is 20.8 Å². The monoisotopic (exact) mass is 384 g/mol. The lowest BCUT2D eigenvalue weighted by Gasteiger charge is -2.07. The number of halogens is 1. The van der Waals surface area contributed by atoms with Gasteiger partial charge in [0.2, 0.25) is 0 Å². The third-order valence-corrected chi connectivity index (χ3v) is 5.06. The first-order valence-electron chi connectivity index (χ1n) is 6.89. The van der Waals surface area contributed by atoms with Crippen molar-refractivity contribution in [2.24, 2.45) is 17.3 Å². The van der Waals surface area contributed by atoms with Gasteiger partial charge in [0, 0.05) is 9.13 Å². The van der Waals surface area contributed by atoms with Crippen LogP contribution in [0.15, 0.2) is 35.9 Å². The van der Waals surface area contributed by atoms with E-state index in [-0.39, 0.29) is 17.3 Å². The van der Waals surface area contributed by atoms with Crippen molar-refractivity contribution in [1.82, 2.24) is 0 Å². The van der Waals surface area contributed by atoms with Crippen LogP contribution < -0.4 is 0 Å². The van der Waals surface area contributed by atoms with Crippen LogP contribution in [-0.2, 0) is 16.1 Å². The first-order valence-corrected chi connectivity index (χ1v) is 7.97. The average molecular weight is 384 g/mol. The Labute approximate surface area is 134 Å². The molecule has 2 nitrogen and oxygen atoms in total. The maximum atomic E-state index is 12.2. The largest absolute Gasteiger partial charge is 0.461 e. The molecule has 108 valence electrons. The van der Waals surface area contributed by atoms with E-state index in [1.807, 2.05) is 24.3 Å². The van der Waals surface area contributed by atoms with E-state index in [1.54, 1.807) is 0 Å². The highest BCUT2D eigenvalue weighted by atomic mass is 127. The van der Waals surface area contributed by atoms with Gasteiger partial charge in [0.15, 0.2) is 0 Å². The minimum Gasteiger partial charge on any atom is -0.461 e. The van der Waals surface area contributed by atoms with Gasteiger partial charge in [0.25, 0.3) is 0 Å². The highest BCUT2D eigenvalue weighted by molar-refractivity contribution is 14.1. The van der Waals surface area contributed by atoms with Crippen LogP contribution in [0.4, 0.5) is 0 Å².